The van der Waals surface area contributed by atoms with E-state index >= 15 is 0 Å². The Kier molecular flexibility index (Phi) is 2.26. The summed E-state index contributed by atoms with van der Waals surface area (Å²) in [6, 6.07) is 6.19. The van der Waals surface area contributed by atoms with Crippen LogP contribution < -0.4 is 0 Å². The van der Waals surface area contributed by atoms with Gasteiger partial charge in [0, 0.05) is 17.0 Å². The Bertz CT molecular complexity index is 703. The van der Waals surface area contributed by atoms with Crippen molar-refractivity contribution in [3.63, 3.8) is 0 Å². The molecule has 2 heterocycles. The second-order valence-electron chi connectivity index (χ2n) is 5.28. The van der Waals surface area contributed by atoms with Gasteiger partial charge in [-0.3, -0.25) is 2.78 Å². The molecule has 0 spiro atoms. The summed E-state index contributed by atoms with van der Waals surface area (Å²) in [6.07, 6.45) is 2.06. The summed E-state index contributed by atoms with van der Waals surface area (Å²) in [4.78, 5) is 0. The molecule has 0 aliphatic rings. The van der Waals surface area contributed by atoms with Crippen LogP contribution in [0.25, 0.3) is 21.9 Å². The van der Waals surface area contributed by atoms with Gasteiger partial charge in [-0.15, -0.1) is 0 Å². The lowest BCUT2D eigenvalue weighted by atomic mass is 9.89. The van der Waals surface area contributed by atoms with Crippen molar-refractivity contribution in [1.29, 1.82) is 0 Å². The van der Waals surface area contributed by atoms with Crippen LogP contribution in [0, 0.1) is 0 Å². The highest BCUT2D eigenvalue weighted by Crippen LogP contribution is 2.35. The van der Waals surface area contributed by atoms with Gasteiger partial charge in [0.1, 0.15) is 0 Å². The van der Waals surface area contributed by atoms with E-state index in [9.17, 15) is 0 Å². The molecule has 0 unspecified atom stereocenters. The average molecular weight is 340 g/mol. The lowest BCUT2D eigenvalue weighted by Gasteiger charge is -2.14. The van der Waals surface area contributed by atoms with Crippen molar-refractivity contribution in [2.24, 2.45) is 0 Å². The van der Waals surface area contributed by atoms with Gasteiger partial charge in [0.2, 0.25) is 0 Å². The second-order valence-corrected chi connectivity index (χ2v) is 6.32. The minimum absolute atomic E-state index is 0.00704. The average Bonchev–Trinajstić information content (AvgIpc) is 2.80. The maximum absolute atomic E-state index is 5.43. The van der Waals surface area contributed by atoms with Gasteiger partial charge in [0.25, 0.3) is 0 Å². The highest BCUT2D eigenvalue weighted by molar-refractivity contribution is 14.1. The van der Waals surface area contributed by atoms with Crippen molar-refractivity contribution in [3.8, 4) is 0 Å². The third-order valence-corrected chi connectivity index (χ3v) is 3.81. The Morgan fingerprint density at radius 2 is 2.00 bits per heavy atom. The summed E-state index contributed by atoms with van der Waals surface area (Å²) in [5.74, 6) is 0. The molecular weight excluding hydrogens is 327 g/mol. The van der Waals surface area contributed by atoms with Crippen LogP contribution in [0.1, 0.15) is 26.5 Å². The molecule has 3 aromatic rings. The lowest BCUT2D eigenvalue weighted by Crippen LogP contribution is -2.11. The second kappa shape index (κ2) is 3.48. The van der Waals surface area contributed by atoms with Gasteiger partial charge in [-0.25, -0.2) is 0 Å². The molecule has 0 aliphatic heterocycles. The number of aromatic nitrogens is 2. The van der Waals surface area contributed by atoms with E-state index in [1.807, 2.05) is 6.07 Å². The van der Waals surface area contributed by atoms with Gasteiger partial charge in [0.15, 0.2) is 5.58 Å². The van der Waals surface area contributed by atoms with Gasteiger partial charge in [-0.1, -0.05) is 25.9 Å². The maximum atomic E-state index is 5.43. The normalized spacial score (nSPS) is 12.7. The fourth-order valence-corrected chi connectivity index (χ4v) is 2.72. The van der Waals surface area contributed by atoms with E-state index in [1.165, 1.54) is 10.9 Å². The molecular formula is C13H13IN2O. The molecule has 0 atom stereocenters. The standard InChI is InChI=1S/C13H13IN2O/c1-13(2,3)12-11-8-6-7-16(14)9(8)4-5-10(11)17-15-12/h4-7H,1-3H3. The first-order valence-corrected chi connectivity index (χ1v) is 6.51. The SMILES string of the molecule is CC(C)(C)c1noc2ccc3c(ccn3I)c12. The number of halogens is 1. The Labute approximate surface area is 113 Å². The summed E-state index contributed by atoms with van der Waals surface area (Å²) in [5, 5.41) is 6.59. The number of nitrogens with zero attached hydrogens (tertiary/aromatic N) is 2. The first-order valence-electron chi connectivity index (χ1n) is 5.54. The predicted octanol–water partition coefficient (Wildman–Crippen LogP) is 4.28. The van der Waals surface area contributed by atoms with E-state index in [1.54, 1.807) is 0 Å². The topological polar surface area (TPSA) is 31.0 Å². The predicted molar refractivity (Wildman–Crippen MR) is 77.6 cm³/mol. The van der Waals surface area contributed by atoms with Crippen molar-refractivity contribution in [2.45, 2.75) is 26.2 Å². The van der Waals surface area contributed by atoms with Crippen molar-refractivity contribution in [2.75, 3.05) is 0 Å². The molecule has 0 saturated heterocycles. The monoisotopic (exact) mass is 340 g/mol. The molecule has 4 heteroatoms. The molecule has 0 saturated carbocycles. The van der Waals surface area contributed by atoms with E-state index < -0.39 is 0 Å². The zero-order valence-corrected chi connectivity index (χ0v) is 12.1. The number of fused-ring (bicyclic) bond motifs is 3. The molecule has 0 radical (unpaired) electrons. The van der Waals surface area contributed by atoms with Crippen molar-refractivity contribution in [1.82, 2.24) is 7.94 Å². The zero-order valence-electron chi connectivity index (χ0n) is 9.99. The molecule has 88 valence electrons. The van der Waals surface area contributed by atoms with Gasteiger partial charge in [-0.2, -0.15) is 0 Å². The smallest absolute Gasteiger partial charge is 0.167 e. The molecule has 0 N–H and O–H groups in total. The van der Waals surface area contributed by atoms with Crippen molar-refractivity contribution < 1.29 is 4.52 Å². The van der Waals surface area contributed by atoms with Crippen LogP contribution in [-0.2, 0) is 5.41 Å². The number of rotatable bonds is 0. The fourth-order valence-electron chi connectivity index (χ4n) is 2.14. The molecule has 0 aliphatic carbocycles. The summed E-state index contributed by atoms with van der Waals surface area (Å²) in [6.45, 7) is 6.47. The first kappa shape index (κ1) is 11.1. The molecule has 2 aromatic heterocycles. The van der Waals surface area contributed by atoms with Gasteiger partial charge >= 0.3 is 0 Å². The van der Waals surface area contributed by atoms with Gasteiger partial charge in [0.05, 0.1) is 39.5 Å². The lowest BCUT2D eigenvalue weighted by molar-refractivity contribution is 0.419. The number of hydrogen-bond donors (Lipinski definition) is 0. The zero-order chi connectivity index (χ0) is 12.2. The summed E-state index contributed by atoms with van der Waals surface area (Å²) in [7, 11) is 0. The molecule has 3 nitrogen and oxygen atoms in total. The Morgan fingerprint density at radius 3 is 2.71 bits per heavy atom. The highest BCUT2D eigenvalue weighted by Gasteiger charge is 2.23. The van der Waals surface area contributed by atoms with Crippen LogP contribution >= 0.6 is 22.9 Å². The molecule has 17 heavy (non-hydrogen) atoms. The van der Waals surface area contributed by atoms with Crippen LogP contribution in [0.15, 0.2) is 28.9 Å². The largest absolute Gasteiger partial charge is 0.356 e. The third-order valence-electron chi connectivity index (χ3n) is 2.97. The van der Waals surface area contributed by atoms with E-state index in [0.717, 1.165) is 16.7 Å². The molecule has 0 amide bonds. The summed E-state index contributed by atoms with van der Waals surface area (Å²) >= 11 is 2.28. The number of hydrogen-bond acceptors (Lipinski definition) is 2. The summed E-state index contributed by atoms with van der Waals surface area (Å²) in [5.41, 5.74) is 3.09. The number of benzene rings is 1. The van der Waals surface area contributed by atoms with Crippen LogP contribution in [0.5, 0.6) is 0 Å². The van der Waals surface area contributed by atoms with E-state index in [4.69, 9.17) is 4.52 Å². The molecule has 0 bridgehead atoms. The third kappa shape index (κ3) is 1.57. The minimum Gasteiger partial charge on any atom is -0.356 e. The quantitative estimate of drug-likeness (QED) is 0.572. The summed E-state index contributed by atoms with van der Waals surface area (Å²) < 4.78 is 7.52. The van der Waals surface area contributed by atoms with Crippen LogP contribution in [0.2, 0.25) is 0 Å². The maximum Gasteiger partial charge on any atom is 0.167 e. The van der Waals surface area contributed by atoms with Crippen LogP contribution in [0.4, 0.5) is 0 Å². The Hall–Kier alpha value is -1.04. The molecule has 1 aromatic carbocycles. The Morgan fingerprint density at radius 1 is 1.24 bits per heavy atom. The van der Waals surface area contributed by atoms with Gasteiger partial charge < -0.3 is 4.52 Å². The van der Waals surface area contributed by atoms with E-state index in [2.05, 4.69) is 69.9 Å². The van der Waals surface area contributed by atoms with E-state index in [-0.39, 0.29) is 5.41 Å². The Balaban J connectivity index is 2.51. The fraction of sp³-hybridized carbons (Fsp3) is 0.308. The van der Waals surface area contributed by atoms with Crippen LogP contribution in [-0.4, -0.2) is 7.94 Å². The van der Waals surface area contributed by atoms with Crippen molar-refractivity contribution >= 4 is 44.7 Å². The minimum atomic E-state index is -0.00704. The highest BCUT2D eigenvalue weighted by atomic mass is 127. The van der Waals surface area contributed by atoms with Gasteiger partial charge in [-0.05, 0) is 18.2 Å². The van der Waals surface area contributed by atoms with Crippen LogP contribution in [0.3, 0.4) is 0 Å². The first-order chi connectivity index (χ1) is 7.98. The molecule has 0 fully saturated rings. The van der Waals surface area contributed by atoms with Crippen molar-refractivity contribution in [3.05, 3.63) is 30.1 Å². The molecule has 3 rings (SSSR count). The van der Waals surface area contributed by atoms with E-state index in [0.29, 0.717) is 0 Å².